The van der Waals surface area contributed by atoms with Gasteiger partial charge in [0.25, 0.3) is 0 Å². The lowest BCUT2D eigenvalue weighted by molar-refractivity contribution is -0.108. The van der Waals surface area contributed by atoms with Crippen LogP contribution in [0.15, 0.2) is 24.3 Å². The Morgan fingerprint density at radius 2 is 1.78 bits per heavy atom. The second-order valence-electron chi connectivity index (χ2n) is 6.17. The predicted molar refractivity (Wildman–Crippen MR) is 96.8 cm³/mol. The highest BCUT2D eigenvalue weighted by molar-refractivity contribution is 14.1. The maximum absolute atomic E-state index is 12.2. The fraction of sp³-hybridized carbons (Fsp3) is 0.556. The Kier molecular flexibility index (Phi) is 7.49. The number of benzene rings is 1. The number of rotatable bonds is 7. The van der Waals surface area contributed by atoms with Crippen molar-refractivity contribution in [3.63, 3.8) is 0 Å². The van der Waals surface area contributed by atoms with Crippen molar-refractivity contribution in [3.8, 4) is 0 Å². The first-order chi connectivity index (χ1) is 11.1. The number of carbonyl (C=O) groups excluding carboxylic acids is 2. The lowest BCUT2D eigenvalue weighted by atomic mass is 9.83. The molecule has 4 nitrogen and oxygen atoms in total. The number of hydrogen-bond acceptors (Lipinski definition) is 4. The Balaban J connectivity index is 1.80. The van der Waals surface area contributed by atoms with Crippen LogP contribution < -0.4 is 0 Å². The molecular weight excluding hydrogens is 407 g/mol. The fourth-order valence-corrected chi connectivity index (χ4v) is 3.49. The highest BCUT2D eigenvalue weighted by Crippen LogP contribution is 2.29. The average molecular weight is 430 g/mol. The van der Waals surface area contributed by atoms with Crippen LogP contribution in [0.4, 0.5) is 0 Å². The lowest BCUT2D eigenvalue weighted by Crippen LogP contribution is -2.22. The smallest absolute Gasteiger partial charge is 0.338 e. The van der Waals surface area contributed by atoms with E-state index in [2.05, 4.69) is 0 Å². The van der Waals surface area contributed by atoms with Gasteiger partial charge in [-0.2, -0.15) is 0 Å². The molecule has 0 radical (unpaired) electrons. The van der Waals surface area contributed by atoms with Crippen LogP contribution in [0.3, 0.4) is 0 Å². The fourth-order valence-electron chi connectivity index (χ4n) is 3.05. The van der Waals surface area contributed by atoms with E-state index < -0.39 is 0 Å². The monoisotopic (exact) mass is 430 g/mol. The number of halogens is 1. The summed E-state index contributed by atoms with van der Waals surface area (Å²) in [5, 5.41) is 0. The third-order valence-electron chi connectivity index (χ3n) is 4.32. The molecule has 1 aliphatic rings. The first-order valence-electron chi connectivity index (χ1n) is 8.01. The summed E-state index contributed by atoms with van der Waals surface area (Å²) in [6.07, 6.45) is 4.80. The quantitative estimate of drug-likeness (QED) is 0.375. The third-order valence-corrected chi connectivity index (χ3v) is 4.71. The zero-order valence-corrected chi connectivity index (χ0v) is 15.6. The summed E-state index contributed by atoms with van der Waals surface area (Å²) in [4.78, 5) is 23.3. The van der Waals surface area contributed by atoms with Gasteiger partial charge in [-0.1, -0.05) is 12.1 Å². The molecule has 0 atom stereocenters. The SMILES string of the molecule is COCC1CCC(COC(=O)c2cccc(CC(=O)I)c2)CC1. The van der Waals surface area contributed by atoms with Crippen molar-refractivity contribution in [2.24, 2.45) is 11.8 Å². The van der Waals surface area contributed by atoms with Gasteiger partial charge in [-0.05, 0) is 77.8 Å². The molecule has 0 saturated heterocycles. The average Bonchev–Trinajstić information content (AvgIpc) is 2.54. The molecule has 0 unspecified atom stereocenters. The minimum Gasteiger partial charge on any atom is -0.462 e. The number of ether oxygens (including phenoxy) is 2. The first-order valence-corrected chi connectivity index (χ1v) is 9.09. The van der Waals surface area contributed by atoms with Crippen LogP contribution in [0.2, 0.25) is 0 Å². The van der Waals surface area contributed by atoms with Crippen LogP contribution in [-0.4, -0.2) is 30.1 Å². The molecule has 1 saturated carbocycles. The number of esters is 1. The highest BCUT2D eigenvalue weighted by Gasteiger charge is 2.22. The molecule has 0 aromatic heterocycles. The van der Waals surface area contributed by atoms with E-state index in [1.54, 1.807) is 47.9 Å². The molecule has 5 heteroatoms. The molecule has 1 aromatic carbocycles. The van der Waals surface area contributed by atoms with Gasteiger partial charge in [0.15, 0.2) is 3.79 Å². The number of carbonyl (C=O) groups is 2. The van der Waals surface area contributed by atoms with E-state index in [4.69, 9.17) is 9.47 Å². The van der Waals surface area contributed by atoms with Crippen molar-refractivity contribution >= 4 is 32.4 Å². The standard InChI is InChI=1S/C18H23IO4/c1-22-11-13-5-7-14(8-6-13)12-23-18(21)16-4-2-3-15(9-16)10-17(19)20/h2-4,9,13-14H,5-8,10-12H2,1H3. The largest absolute Gasteiger partial charge is 0.462 e. The lowest BCUT2D eigenvalue weighted by Gasteiger charge is -2.27. The molecule has 0 amide bonds. The van der Waals surface area contributed by atoms with Crippen LogP contribution in [0.5, 0.6) is 0 Å². The van der Waals surface area contributed by atoms with Gasteiger partial charge >= 0.3 is 5.97 Å². The molecule has 0 bridgehead atoms. The Morgan fingerprint density at radius 1 is 1.13 bits per heavy atom. The van der Waals surface area contributed by atoms with Crippen LogP contribution in [-0.2, 0) is 20.7 Å². The van der Waals surface area contributed by atoms with Crippen molar-refractivity contribution in [3.05, 3.63) is 35.4 Å². The van der Waals surface area contributed by atoms with Crippen LogP contribution in [0.1, 0.15) is 41.6 Å². The van der Waals surface area contributed by atoms with Gasteiger partial charge in [-0.15, -0.1) is 0 Å². The first kappa shape index (κ1) is 18.4. The van der Waals surface area contributed by atoms with Crippen LogP contribution in [0, 0.1) is 11.8 Å². The second-order valence-corrected chi connectivity index (χ2v) is 7.38. The van der Waals surface area contributed by atoms with Gasteiger partial charge in [0.1, 0.15) is 0 Å². The van der Waals surface area contributed by atoms with Gasteiger partial charge in [0.2, 0.25) is 0 Å². The molecule has 1 aromatic rings. The second kappa shape index (κ2) is 9.37. The van der Waals surface area contributed by atoms with Crippen molar-refractivity contribution in [1.82, 2.24) is 0 Å². The van der Waals surface area contributed by atoms with E-state index >= 15 is 0 Å². The summed E-state index contributed by atoms with van der Waals surface area (Å²) in [6, 6.07) is 7.12. The number of hydrogen-bond donors (Lipinski definition) is 0. The molecule has 0 heterocycles. The Hall–Kier alpha value is -0.950. The van der Waals surface area contributed by atoms with Crippen molar-refractivity contribution in [2.75, 3.05) is 20.3 Å². The molecule has 1 fully saturated rings. The molecular formula is C18H23IO4. The van der Waals surface area contributed by atoms with Gasteiger partial charge in [0, 0.05) is 20.1 Å². The minimum atomic E-state index is -0.299. The van der Waals surface area contributed by atoms with E-state index in [1.807, 2.05) is 6.07 Å². The zero-order chi connectivity index (χ0) is 16.7. The third kappa shape index (κ3) is 6.22. The van der Waals surface area contributed by atoms with E-state index in [0.717, 1.165) is 37.9 Å². The van der Waals surface area contributed by atoms with E-state index in [9.17, 15) is 9.59 Å². The van der Waals surface area contributed by atoms with Gasteiger partial charge < -0.3 is 9.47 Å². The topological polar surface area (TPSA) is 52.6 Å². The molecule has 23 heavy (non-hydrogen) atoms. The number of methoxy groups -OCH3 is 1. The molecule has 0 N–H and O–H groups in total. The summed E-state index contributed by atoms with van der Waals surface area (Å²) in [5.41, 5.74) is 1.37. The predicted octanol–water partition coefficient (Wildman–Crippen LogP) is 3.80. The van der Waals surface area contributed by atoms with Crippen molar-refractivity contribution in [1.29, 1.82) is 0 Å². The zero-order valence-electron chi connectivity index (χ0n) is 13.4. The highest BCUT2D eigenvalue weighted by atomic mass is 127. The summed E-state index contributed by atoms with van der Waals surface area (Å²) >= 11 is 1.76. The summed E-state index contributed by atoms with van der Waals surface area (Å²) in [6.45, 7) is 1.31. The Labute approximate surface area is 151 Å². The summed E-state index contributed by atoms with van der Waals surface area (Å²) < 4.78 is 10.7. The molecule has 0 aliphatic heterocycles. The van der Waals surface area contributed by atoms with E-state index in [-0.39, 0.29) is 9.76 Å². The van der Waals surface area contributed by atoms with E-state index in [1.165, 1.54) is 0 Å². The van der Waals surface area contributed by atoms with Gasteiger partial charge in [-0.25, -0.2) is 4.79 Å². The maximum Gasteiger partial charge on any atom is 0.338 e. The Morgan fingerprint density at radius 3 is 2.39 bits per heavy atom. The summed E-state index contributed by atoms with van der Waals surface area (Å²) in [5.74, 6) is 0.799. The van der Waals surface area contributed by atoms with Crippen molar-refractivity contribution in [2.45, 2.75) is 32.1 Å². The van der Waals surface area contributed by atoms with Gasteiger partial charge in [-0.3, -0.25) is 4.79 Å². The molecule has 1 aliphatic carbocycles. The normalized spacial score (nSPS) is 21.0. The van der Waals surface area contributed by atoms with E-state index in [0.29, 0.717) is 30.4 Å². The van der Waals surface area contributed by atoms with Crippen LogP contribution >= 0.6 is 22.6 Å². The maximum atomic E-state index is 12.2. The minimum absolute atomic E-state index is 0.0564. The molecule has 126 valence electrons. The summed E-state index contributed by atoms with van der Waals surface area (Å²) in [7, 11) is 1.74. The van der Waals surface area contributed by atoms with Crippen molar-refractivity contribution < 1.29 is 19.1 Å². The van der Waals surface area contributed by atoms with Crippen LogP contribution in [0.25, 0.3) is 0 Å². The Bertz CT molecular complexity index is 536. The van der Waals surface area contributed by atoms with Gasteiger partial charge in [0.05, 0.1) is 12.2 Å². The molecule has 0 spiro atoms. The molecule has 2 rings (SSSR count).